The van der Waals surface area contributed by atoms with Crippen molar-refractivity contribution in [1.29, 1.82) is 0 Å². The Hall–Kier alpha value is -3.23. The van der Waals surface area contributed by atoms with Crippen LogP contribution in [0.2, 0.25) is 0 Å². The molecule has 1 aliphatic heterocycles. The van der Waals surface area contributed by atoms with E-state index in [4.69, 9.17) is 14.2 Å². The zero-order valence-corrected chi connectivity index (χ0v) is 20.5. The first kappa shape index (κ1) is 23.5. The van der Waals surface area contributed by atoms with E-state index in [1.54, 1.807) is 4.90 Å². The molecule has 0 saturated carbocycles. The summed E-state index contributed by atoms with van der Waals surface area (Å²) in [5, 5.41) is 17.4. The Morgan fingerprint density at radius 1 is 1.29 bits per heavy atom. The standard InChI is InChI=1S/C27H32N4O4/c1-16(2)34-24-10-7-18(13-17(24)3)27-29-26(30-35-27)22-6-4-5-21-20(22)8-9-23(21)28-14-25(33)31-12-11-19(32)15-31/h4-7,10,13,16,19,23,28,32H,8-9,11-12,14-15H2,1-3H3. The minimum atomic E-state index is -0.399. The van der Waals surface area contributed by atoms with Crippen LogP contribution in [0.15, 0.2) is 40.9 Å². The van der Waals surface area contributed by atoms with Crippen LogP contribution in [-0.2, 0) is 11.2 Å². The van der Waals surface area contributed by atoms with Crippen molar-refractivity contribution in [2.75, 3.05) is 19.6 Å². The second-order valence-corrected chi connectivity index (χ2v) is 9.70. The van der Waals surface area contributed by atoms with Crippen molar-refractivity contribution in [3.05, 3.63) is 53.1 Å². The lowest BCUT2D eigenvalue weighted by Crippen LogP contribution is -2.38. The van der Waals surface area contributed by atoms with E-state index in [2.05, 4.69) is 16.5 Å². The fourth-order valence-electron chi connectivity index (χ4n) is 4.99. The van der Waals surface area contributed by atoms with Crippen molar-refractivity contribution in [3.8, 4) is 28.6 Å². The maximum atomic E-state index is 12.5. The lowest BCUT2D eigenvalue weighted by Gasteiger charge is -2.19. The van der Waals surface area contributed by atoms with Crippen LogP contribution in [0.25, 0.3) is 22.8 Å². The monoisotopic (exact) mass is 476 g/mol. The average molecular weight is 477 g/mol. The molecule has 1 amide bonds. The summed E-state index contributed by atoms with van der Waals surface area (Å²) in [5.74, 6) is 1.93. The maximum Gasteiger partial charge on any atom is 0.258 e. The van der Waals surface area contributed by atoms with Gasteiger partial charge in [0.2, 0.25) is 11.7 Å². The van der Waals surface area contributed by atoms with Crippen LogP contribution in [0, 0.1) is 6.92 Å². The number of nitrogens with one attached hydrogen (secondary N) is 1. The first-order chi connectivity index (χ1) is 16.9. The predicted molar refractivity (Wildman–Crippen MR) is 132 cm³/mol. The van der Waals surface area contributed by atoms with E-state index in [0.717, 1.165) is 35.3 Å². The summed E-state index contributed by atoms with van der Waals surface area (Å²) in [6.07, 6.45) is 2.15. The van der Waals surface area contributed by atoms with E-state index >= 15 is 0 Å². The topological polar surface area (TPSA) is 101 Å². The highest BCUT2D eigenvalue weighted by atomic mass is 16.5. The Labute approximate surface area is 205 Å². The van der Waals surface area contributed by atoms with Gasteiger partial charge in [0.15, 0.2) is 0 Å². The Morgan fingerprint density at radius 3 is 2.89 bits per heavy atom. The van der Waals surface area contributed by atoms with Gasteiger partial charge in [-0.15, -0.1) is 0 Å². The number of aryl methyl sites for hydroxylation is 1. The highest BCUT2D eigenvalue weighted by Crippen LogP contribution is 2.37. The van der Waals surface area contributed by atoms with Gasteiger partial charge in [-0.3, -0.25) is 4.79 Å². The highest BCUT2D eigenvalue weighted by molar-refractivity contribution is 5.78. The van der Waals surface area contributed by atoms with Crippen LogP contribution in [0.1, 0.15) is 49.4 Å². The molecule has 2 aliphatic rings. The molecule has 1 fully saturated rings. The van der Waals surface area contributed by atoms with Crippen LogP contribution in [-0.4, -0.2) is 57.9 Å². The number of nitrogens with zero attached hydrogens (tertiary/aromatic N) is 3. The van der Waals surface area contributed by atoms with Gasteiger partial charge in [-0.05, 0) is 74.9 Å². The van der Waals surface area contributed by atoms with Crippen molar-refractivity contribution < 1.29 is 19.2 Å². The van der Waals surface area contributed by atoms with E-state index in [0.29, 0.717) is 31.2 Å². The summed E-state index contributed by atoms with van der Waals surface area (Å²) in [4.78, 5) is 18.9. The number of hydrogen-bond acceptors (Lipinski definition) is 7. The van der Waals surface area contributed by atoms with Crippen molar-refractivity contribution >= 4 is 5.91 Å². The number of fused-ring (bicyclic) bond motifs is 1. The highest BCUT2D eigenvalue weighted by Gasteiger charge is 2.29. The molecule has 5 rings (SSSR count). The van der Waals surface area contributed by atoms with E-state index in [1.807, 2.05) is 51.1 Å². The number of aliphatic hydroxyl groups is 1. The molecule has 8 nitrogen and oxygen atoms in total. The number of aliphatic hydroxyl groups excluding tert-OH is 1. The van der Waals surface area contributed by atoms with Gasteiger partial charge in [-0.25, -0.2) is 0 Å². The fraction of sp³-hybridized carbons (Fsp3) is 0.444. The molecule has 8 heteroatoms. The van der Waals surface area contributed by atoms with Crippen LogP contribution in [0.5, 0.6) is 5.75 Å². The Kier molecular flexibility index (Phi) is 6.58. The minimum absolute atomic E-state index is 0.0362. The minimum Gasteiger partial charge on any atom is -0.491 e. The van der Waals surface area contributed by atoms with Gasteiger partial charge in [0.1, 0.15) is 5.75 Å². The molecule has 35 heavy (non-hydrogen) atoms. The number of ether oxygens (including phenoxy) is 1. The molecule has 1 aliphatic carbocycles. The van der Waals surface area contributed by atoms with Gasteiger partial charge in [0.25, 0.3) is 5.89 Å². The van der Waals surface area contributed by atoms with Gasteiger partial charge in [-0.1, -0.05) is 23.4 Å². The Morgan fingerprint density at radius 2 is 2.14 bits per heavy atom. The number of β-amino-alcohol motifs (C(OH)–C–C–N with tert-alkyl or cyclic N) is 1. The second kappa shape index (κ2) is 9.79. The van der Waals surface area contributed by atoms with Crippen LogP contribution >= 0.6 is 0 Å². The SMILES string of the molecule is Cc1cc(-c2nc(-c3cccc4c3CCC4NCC(=O)N3CCC(O)C3)no2)ccc1OC(C)C. The van der Waals surface area contributed by atoms with Crippen LogP contribution in [0.3, 0.4) is 0 Å². The molecule has 184 valence electrons. The molecule has 2 heterocycles. The summed E-state index contributed by atoms with van der Waals surface area (Å²) in [6.45, 7) is 7.34. The summed E-state index contributed by atoms with van der Waals surface area (Å²) >= 11 is 0. The van der Waals surface area contributed by atoms with Crippen LogP contribution in [0.4, 0.5) is 0 Å². The van der Waals surface area contributed by atoms with Crippen molar-refractivity contribution in [1.82, 2.24) is 20.4 Å². The van der Waals surface area contributed by atoms with Crippen LogP contribution < -0.4 is 10.1 Å². The van der Waals surface area contributed by atoms with Gasteiger partial charge in [-0.2, -0.15) is 4.98 Å². The largest absolute Gasteiger partial charge is 0.491 e. The van der Waals surface area contributed by atoms with E-state index in [1.165, 1.54) is 11.1 Å². The van der Waals surface area contributed by atoms with Gasteiger partial charge in [0, 0.05) is 30.3 Å². The molecular weight excluding hydrogens is 444 g/mol. The zero-order chi connectivity index (χ0) is 24.5. The third-order valence-electron chi connectivity index (χ3n) is 6.74. The number of aromatic nitrogens is 2. The number of amides is 1. The summed E-state index contributed by atoms with van der Waals surface area (Å²) < 4.78 is 11.5. The van der Waals surface area contributed by atoms with E-state index in [-0.39, 0.29) is 24.6 Å². The normalized spacial score (nSPS) is 19.4. The summed E-state index contributed by atoms with van der Waals surface area (Å²) in [7, 11) is 0. The summed E-state index contributed by atoms with van der Waals surface area (Å²) in [5.41, 5.74) is 5.21. The predicted octanol–water partition coefficient (Wildman–Crippen LogP) is 3.67. The molecule has 1 aromatic heterocycles. The molecule has 1 saturated heterocycles. The maximum absolute atomic E-state index is 12.5. The number of hydrogen-bond donors (Lipinski definition) is 2. The molecule has 2 unspecified atom stereocenters. The summed E-state index contributed by atoms with van der Waals surface area (Å²) in [6, 6.07) is 12.1. The van der Waals surface area contributed by atoms with Crippen molar-refractivity contribution in [2.45, 2.75) is 58.3 Å². The molecule has 3 aromatic rings. The molecule has 2 aromatic carbocycles. The average Bonchev–Trinajstić information content (AvgIpc) is 3.58. The molecular formula is C27H32N4O4. The lowest BCUT2D eigenvalue weighted by atomic mass is 10.0. The molecule has 2 atom stereocenters. The number of likely N-dealkylation sites (tertiary alicyclic amines) is 1. The van der Waals surface area contributed by atoms with Gasteiger partial charge >= 0.3 is 0 Å². The van der Waals surface area contributed by atoms with Crippen molar-refractivity contribution in [3.63, 3.8) is 0 Å². The third kappa shape index (κ3) is 4.94. The zero-order valence-electron chi connectivity index (χ0n) is 20.5. The third-order valence-corrected chi connectivity index (χ3v) is 6.74. The fourth-order valence-corrected chi connectivity index (χ4v) is 4.99. The molecule has 2 N–H and O–H groups in total. The van der Waals surface area contributed by atoms with Gasteiger partial charge in [0.05, 0.1) is 18.8 Å². The number of carbonyl (C=O) groups is 1. The quantitative estimate of drug-likeness (QED) is 0.537. The number of rotatable bonds is 7. The van der Waals surface area contributed by atoms with Crippen molar-refractivity contribution in [2.24, 2.45) is 0 Å². The molecule has 0 spiro atoms. The molecule has 0 bridgehead atoms. The molecule has 0 radical (unpaired) electrons. The lowest BCUT2D eigenvalue weighted by molar-refractivity contribution is -0.129. The van der Waals surface area contributed by atoms with E-state index in [9.17, 15) is 9.90 Å². The Bertz CT molecular complexity index is 1220. The first-order valence-corrected chi connectivity index (χ1v) is 12.3. The number of carbonyl (C=O) groups excluding carboxylic acids is 1. The second-order valence-electron chi connectivity index (χ2n) is 9.70. The smallest absolute Gasteiger partial charge is 0.258 e. The van der Waals surface area contributed by atoms with E-state index < -0.39 is 6.10 Å². The number of benzene rings is 2. The first-order valence-electron chi connectivity index (χ1n) is 12.3. The van der Waals surface area contributed by atoms with Gasteiger partial charge < -0.3 is 24.6 Å². The Balaban J connectivity index is 1.31.